The monoisotopic (exact) mass is 308 g/mol. The number of carbonyl (C=O) groups is 1. The summed E-state index contributed by atoms with van der Waals surface area (Å²) < 4.78 is 26.0. The molecule has 0 saturated carbocycles. The summed E-state index contributed by atoms with van der Waals surface area (Å²) in [6, 6.07) is 8.49. The molecule has 1 aromatic carbocycles. The maximum atomic E-state index is 12.4. The number of nitrogens with zero attached hydrogens (tertiary/aromatic N) is 2. The van der Waals surface area contributed by atoms with Crippen molar-refractivity contribution < 1.29 is 18.3 Å². The van der Waals surface area contributed by atoms with Crippen LogP contribution in [0.25, 0.3) is 0 Å². The highest BCUT2D eigenvalue weighted by molar-refractivity contribution is 7.88. The van der Waals surface area contributed by atoms with Crippen LogP contribution in [0.15, 0.2) is 24.3 Å². The molecule has 2 unspecified atom stereocenters. The molecule has 0 aromatic heterocycles. The number of sulfonamides is 1. The van der Waals surface area contributed by atoms with Crippen molar-refractivity contribution in [1.29, 1.82) is 5.26 Å². The lowest BCUT2D eigenvalue weighted by molar-refractivity contribution is -0.142. The minimum Gasteiger partial charge on any atom is -0.481 e. The van der Waals surface area contributed by atoms with Crippen molar-refractivity contribution in [1.82, 2.24) is 4.31 Å². The Morgan fingerprint density at radius 1 is 1.43 bits per heavy atom. The first-order valence-corrected chi connectivity index (χ1v) is 8.14. The van der Waals surface area contributed by atoms with Gasteiger partial charge in [-0.2, -0.15) is 5.26 Å². The van der Waals surface area contributed by atoms with Crippen LogP contribution in [0.5, 0.6) is 0 Å². The molecule has 0 aliphatic carbocycles. The Kier molecular flexibility index (Phi) is 4.30. The Morgan fingerprint density at radius 3 is 2.67 bits per heavy atom. The van der Waals surface area contributed by atoms with Gasteiger partial charge in [-0.3, -0.25) is 4.79 Å². The summed E-state index contributed by atoms with van der Waals surface area (Å²) in [5.41, 5.74) is 0.759. The molecule has 1 aliphatic heterocycles. The summed E-state index contributed by atoms with van der Waals surface area (Å²) in [6.07, 6.45) is 0. The van der Waals surface area contributed by atoms with Crippen LogP contribution < -0.4 is 0 Å². The van der Waals surface area contributed by atoms with Crippen molar-refractivity contribution in [3.8, 4) is 6.07 Å². The molecule has 1 saturated heterocycles. The van der Waals surface area contributed by atoms with Gasteiger partial charge in [0.15, 0.2) is 0 Å². The van der Waals surface area contributed by atoms with E-state index in [0.717, 1.165) is 0 Å². The van der Waals surface area contributed by atoms with Gasteiger partial charge in [0, 0.05) is 13.1 Å². The number of carboxylic acids is 1. The smallest absolute Gasteiger partial charge is 0.308 e. The molecular weight excluding hydrogens is 292 g/mol. The van der Waals surface area contributed by atoms with Crippen LogP contribution in [0, 0.1) is 23.2 Å². The molecule has 112 valence electrons. The first-order valence-electron chi connectivity index (χ1n) is 6.54. The number of nitriles is 1. The van der Waals surface area contributed by atoms with Crippen molar-refractivity contribution in [2.24, 2.45) is 11.8 Å². The van der Waals surface area contributed by atoms with Gasteiger partial charge in [-0.05, 0) is 17.5 Å². The molecule has 1 heterocycles. The lowest BCUT2D eigenvalue weighted by Gasteiger charge is -2.16. The fourth-order valence-corrected chi connectivity index (χ4v) is 4.19. The molecule has 2 rings (SSSR count). The van der Waals surface area contributed by atoms with Gasteiger partial charge < -0.3 is 5.11 Å². The molecule has 21 heavy (non-hydrogen) atoms. The Morgan fingerprint density at radius 2 is 2.10 bits per heavy atom. The van der Waals surface area contributed by atoms with Gasteiger partial charge in [0.25, 0.3) is 0 Å². The van der Waals surface area contributed by atoms with Gasteiger partial charge in [0.1, 0.15) is 0 Å². The van der Waals surface area contributed by atoms with Crippen LogP contribution in [0.1, 0.15) is 18.1 Å². The van der Waals surface area contributed by atoms with Crippen LogP contribution >= 0.6 is 0 Å². The summed E-state index contributed by atoms with van der Waals surface area (Å²) in [4.78, 5) is 11.1. The molecule has 0 spiro atoms. The lowest BCUT2D eigenvalue weighted by Crippen LogP contribution is -2.31. The van der Waals surface area contributed by atoms with Crippen molar-refractivity contribution in [2.75, 3.05) is 13.1 Å². The van der Waals surface area contributed by atoms with E-state index in [4.69, 9.17) is 10.4 Å². The Bertz CT molecular complexity index is 693. The second kappa shape index (κ2) is 5.84. The van der Waals surface area contributed by atoms with Gasteiger partial charge in [-0.1, -0.05) is 25.1 Å². The van der Waals surface area contributed by atoms with E-state index in [-0.39, 0.29) is 24.8 Å². The van der Waals surface area contributed by atoms with Gasteiger partial charge >= 0.3 is 5.97 Å². The molecule has 0 amide bonds. The highest BCUT2D eigenvalue weighted by atomic mass is 32.2. The maximum Gasteiger partial charge on any atom is 0.308 e. The third kappa shape index (κ3) is 3.23. The molecule has 1 fully saturated rings. The minimum atomic E-state index is -3.63. The topological polar surface area (TPSA) is 98.5 Å². The molecular formula is C14H16N2O4S. The molecule has 6 nitrogen and oxygen atoms in total. The molecule has 1 aliphatic rings. The first-order chi connectivity index (χ1) is 9.85. The maximum absolute atomic E-state index is 12.4. The first kappa shape index (κ1) is 15.5. The average molecular weight is 308 g/mol. The molecule has 1 N–H and O–H groups in total. The zero-order chi connectivity index (χ0) is 15.6. The van der Waals surface area contributed by atoms with E-state index in [1.807, 2.05) is 6.07 Å². The number of hydrogen-bond donors (Lipinski definition) is 1. The number of aliphatic carboxylic acids is 1. The molecule has 0 radical (unpaired) electrons. The fourth-order valence-electron chi connectivity index (χ4n) is 2.51. The van der Waals surface area contributed by atoms with Crippen LogP contribution in [0.2, 0.25) is 0 Å². The summed E-state index contributed by atoms with van der Waals surface area (Å²) >= 11 is 0. The van der Waals surface area contributed by atoms with Crippen molar-refractivity contribution in [2.45, 2.75) is 12.7 Å². The minimum absolute atomic E-state index is 0.00640. The number of benzene rings is 1. The predicted octanol–water partition coefficient (Wildman–Crippen LogP) is 1.04. The normalized spacial score (nSPS) is 22.9. The number of carboxylic acid groups (broad SMARTS) is 1. The van der Waals surface area contributed by atoms with Crippen LogP contribution in [-0.2, 0) is 20.6 Å². The number of rotatable bonds is 4. The third-order valence-corrected chi connectivity index (χ3v) is 5.53. The fraction of sp³-hybridized carbons (Fsp3) is 0.429. The van der Waals surface area contributed by atoms with E-state index in [1.54, 1.807) is 31.2 Å². The lowest BCUT2D eigenvalue weighted by atomic mass is 9.99. The van der Waals surface area contributed by atoms with Crippen LogP contribution in [-0.4, -0.2) is 36.9 Å². The SMILES string of the molecule is CC1CN(S(=O)(=O)Cc2ccccc2C#N)CC1C(=O)O. The van der Waals surface area contributed by atoms with E-state index in [2.05, 4.69) is 0 Å². The van der Waals surface area contributed by atoms with Gasteiger partial charge in [0.05, 0.1) is 23.3 Å². The number of hydrogen-bond acceptors (Lipinski definition) is 4. The highest BCUT2D eigenvalue weighted by Crippen LogP contribution is 2.27. The van der Waals surface area contributed by atoms with Gasteiger partial charge in [-0.15, -0.1) is 0 Å². The molecule has 1 aromatic rings. The van der Waals surface area contributed by atoms with Crippen LogP contribution in [0.4, 0.5) is 0 Å². The van der Waals surface area contributed by atoms with Crippen molar-refractivity contribution in [3.63, 3.8) is 0 Å². The average Bonchev–Trinajstić information content (AvgIpc) is 2.82. The Labute approximate surface area is 123 Å². The Hall–Kier alpha value is -1.91. The van der Waals surface area contributed by atoms with E-state index in [0.29, 0.717) is 11.1 Å². The van der Waals surface area contributed by atoms with Crippen LogP contribution in [0.3, 0.4) is 0 Å². The summed E-state index contributed by atoms with van der Waals surface area (Å²) in [5, 5.41) is 18.1. The Balaban J connectivity index is 2.21. The standard InChI is InChI=1S/C14H16N2O4S/c1-10-7-16(8-13(10)14(17)18)21(19,20)9-12-5-3-2-4-11(12)6-15/h2-5,10,13H,7-9H2,1H3,(H,17,18). The highest BCUT2D eigenvalue weighted by Gasteiger charge is 2.40. The predicted molar refractivity (Wildman–Crippen MR) is 75.6 cm³/mol. The van der Waals surface area contributed by atoms with Crippen molar-refractivity contribution >= 4 is 16.0 Å². The van der Waals surface area contributed by atoms with E-state index in [9.17, 15) is 13.2 Å². The van der Waals surface area contributed by atoms with E-state index < -0.39 is 21.9 Å². The van der Waals surface area contributed by atoms with E-state index in [1.165, 1.54) is 4.31 Å². The second-order valence-electron chi connectivity index (χ2n) is 5.26. The molecule has 7 heteroatoms. The third-order valence-electron chi connectivity index (χ3n) is 3.77. The van der Waals surface area contributed by atoms with E-state index >= 15 is 0 Å². The largest absolute Gasteiger partial charge is 0.481 e. The molecule has 0 bridgehead atoms. The van der Waals surface area contributed by atoms with Gasteiger partial charge in [0.2, 0.25) is 10.0 Å². The summed E-state index contributed by atoms with van der Waals surface area (Å²) in [7, 11) is -3.63. The summed E-state index contributed by atoms with van der Waals surface area (Å²) in [6.45, 7) is 1.93. The molecule has 2 atom stereocenters. The zero-order valence-electron chi connectivity index (χ0n) is 11.6. The quantitative estimate of drug-likeness (QED) is 0.896. The van der Waals surface area contributed by atoms with Crippen molar-refractivity contribution in [3.05, 3.63) is 35.4 Å². The zero-order valence-corrected chi connectivity index (χ0v) is 12.4. The summed E-state index contributed by atoms with van der Waals surface area (Å²) in [5.74, 6) is -2.15. The van der Waals surface area contributed by atoms with Gasteiger partial charge in [-0.25, -0.2) is 12.7 Å². The second-order valence-corrected chi connectivity index (χ2v) is 7.23.